The second-order valence-corrected chi connectivity index (χ2v) is 6.12. The molecule has 0 spiro atoms. The van der Waals surface area contributed by atoms with Crippen LogP contribution in [0.25, 0.3) is 0 Å². The fraction of sp³-hybridized carbons (Fsp3) is 0.176. The smallest absolute Gasteiger partial charge is 0.314 e. The Hall–Kier alpha value is -1.89. The number of para-hydroxylation sites is 1. The molecule has 0 saturated heterocycles. The molecule has 0 heterocycles. The van der Waals surface area contributed by atoms with Gasteiger partial charge < -0.3 is 10.6 Å². The van der Waals surface area contributed by atoms with Crippen LogP contribution >= 0.6 is 22.6 Å². The summed E-state index contributed by atoms with van der Waals surface area (Å²) in [6, 6.07) is 13.1. The van der Waals surface area contributed by atoms with Crippen molar-refractivity contribution in [3.05, 3.63) is 57.2 Å². The number of hydrogen-bond donors (Lipinski definition) is 2. The van der Waals surface area contributed by atoms with Crippen LogP contribution in [-0.4, -0.2) is 11.8 Å². The molecule has 0 saturated carbocycles. The van der Waals surface area contributed by atoms with Crippen molar-refractivity contribution in [3.63, 3.8) is 0 Å². The van der Waals surface area contributed by atoms with Crippen LogP contribution in [0.15, 0.2) is 42.5 Å². The van der Waals surface area contributed by atoms with Gasteiger partial charge in [-0.05, 0) is 71.3 Å². The van der Waals surface area contributed by atoms with Crippen molar-refractivity contribution in [1.29, 1.82) is 0 Å². The molecule has 0 aromatic heterocycles. The molecule has 4 nitrogen and oxygen atoms in total. The standard InChI is InChI=1S/C17H17IN2O2/c1-3-12-6-4-5-7-15(12)20-17(22)16(21)19-14-9-8-13(18)10-11(14)2/h4-10H,3H2,1-2H3,(H,19,21)(H,20,22). The number of nitrogens with one attached hydrogen (secondary N) is 2. The summed E-state index contributed by atoms with van der Waals surface area (Å²) in [6.07, 6.45) is 0.786. The first kappa shape index (κ1) is 16.5. The highest BCUT2D eigenvalue weighted by molar-refractivity contribution is 14.1. The molecule has 0 aliphatic carbocycles. The van der Waals surface area contributed by atoms with Gasteiger partial charge in [0.2, 0.25) is 0 Å². The van der Waals surface area contributed by atoms with E-state index in [1.807, 2.05) is 44.2 Å². The maximum absolute atomic E-state index is 12.0. The van der Waals surface area contributed by atoms with Crippen molar-refractivity contribution >= 4 is 45.8 Å². The van der Waals surface area contributed by atoms with Gasteiger partial charge in [-0.1, -0.05) is 25.1 Å². The number of anilines is 2. The maximum atomic E-state index is 12.0. The van der Waals surface area contributed by atoms with Gasteiger partial charge in [-0.2, -0.15) is 0 Å². The van der Waals surface area contributed by atoms with E-state index in [-0.39, 0.29) is 0 Å². The van der Waals surface area contributed by atoms with E-state index in [4.69, 9.17) is 0 Å². The van der Waals surface area contributed by atoms with Crippen LogP contribution in [0.2, 0.25) is 0 Å². The Labute approximate surface area is 143 Å². The summed E-state index contributed by atoms with van der Waals surface area (Å²) in [5, 5.41) is 5.30. The van der Waals surface area contributed by atoms with Gasteiger partial charge in [-0.25, -0.2) is 0 Å². The Balaban J connectivity index is 2.08. The van der Waals surface area contributed by atoms with Crippen LogP contribution in [0.1, 0.15) is 18.1 Å². The summed E-state index contributed by atoms with van der Waals surface area (Å²) in [4.78, 5) is 24.1. The second kappa shape index (κ2) is 7.40. The van der Waals surface area contributed by atoms with Gasteiger partial charge in [0.25, 0.3) is 0 Å². The molecule has 22 heavy (non-hydrogen) atoms. The minimum atomic E-state index is -0.671. The van der Waals surface area contributed by atoms with Crippen molar-refractivity contribution in [2.75, 3.05) is 10.6 Å². The SMILES string of the molecule is CCc1ccccc1NC(=O)C(=O)Nc1ccc(I)cc1C. The molecule has 0 aliphatic heterocycles. The van der Waals surface area contributed by atoms with E-state index in [1.54, 1.807) is 12.1 Å². The Morgan fingerprint density at radius 3 is 2.27 bits per heavy atom. The summed E-state index contributed by atoms with van der Waals surface area (Å²) < 4.78 is 1.08. The topological polar surface area (TPSA) is 58.2 Å². The fourth-order valence-corrected chi connectivity index (χ4v) is 2.72. The van der Waals surface area contributed by atoms with Crippen molar-refractivity contribution in [3.8, 4) is 0 Å². The third-order valence-corrected chi connectivity index (χ3v) is 3.96. The normalized spacial score (nSPS) is 10.1. The minimum absolute atomic E-state index is 0.643. The quantitative estimate of drug-likeness (QED) is 0.601. The molecule has 0 bridgehead atoms. The Morgan fingerprint density at radius 1 is 1.00 bits per heavy atom. The minimum Gasteiger partial charge on any atom is -0.318 e. The molecule has 0 radical (unpaired) electrons. The first-order valence-corrected chi connectivity index (χ1v) is 8.05. The molecular formula is C17H17IN2O2. The first-order chi connectivity index (χ1) is 10.5. The highest BCUT2D eigenvalue weighted by atomic mass is 127. The van der Waals surface area contributed by atoms with E-state index < -0.39 is 11.8 Å². The van der Waals surface area contributed by atoms with Crippen LogP contribution in [0.3, 0.4) is 0 Å². The molecule has 2 amide bonds. The highest BCUT2D eigenvalue weighted by Crippen LogP contribution is 2.18. The highest BCUT2D eigenvalue weighted by Gasteiger charge is 2.16. The number of carbonyl (C=O) groups is 2. The largest absolute Gasteiger partial charge is 0.318 e. The monoisotopic (exact) mass is 408 g/mol. The molecule has 114 valence electrons. The number of halogens is 1. The van der Waals surface area contributed by atoms with Gasteiger partial charge >= 0.3 is 11.8 Å². The Bertz CT molecular complexity index is 714. The molecule has 2 rings (SSSR count). The van der Waals surface area contributed by atoms with Crippen molar-refractivity contribution < 1.29 is 9.59 Å². The number of benzene rings is 2. The maximum Gasteiger partial charge on any atom is 0.314 e. The average molecular weight is 408 g/mol. The summed E-state index contributed by atoms with van der Waals surface area (Å²) in [5.74, 6) is -1.34. The molecule has 2 aromatic rings. The molecule has 5 heteroatoms. The molecule has 2 aromatic carbocycles. The van der Waals surface area contributed by atoms with E-state index in [0.29, 0.717) is 11.4 Å². The van der Waals surface area contributed by atoms with E-state index in [1.165, 1.54) is 0 Å². The van der Waals surface area contributed by atoms with Crippen molar-refractivity contribution in [2.24, 2.45) is 0 Å². The lowest BCUT2D eigenvalue weighted by atomic mass is 10.1. The number of hydrogen-bond acceptors (Lipinski definition) is 2. The lowest BCUT2D eigenvalue weighted by Gasteiger charge is -2.11. The number of carbonyl (C=O) groups excluding carboxylic acids is 2. The van der Waals surface area contributed by atoms with Gasteiger partial charge in [0.05, 0.1) is 0 Å². The van der Waals surface area contributed by atoms with Gasteiger partial charge in [-0.3, -0.25) is 9.59 Å². The molecular weight excluding hydrogens is 391 g/mol. The fourth-order valence-electron chi connectivity index (χ4n) is 2.08. The summed E-state index contributed by atoms with van der Waals surface area (Å²) in [7, 11) is 0. The van der Waals surface area contributed by atoms with Crippen molar-refractivity contribution in [2.45, 2.75) is 20.3 Å². The van der Waals surface area contributed by atoms with Crippen LogP contribution < -0.4 is 10.6 Å². The van der Waals surface area contributed by atoms with E-state index in [0.717, 1.165) is 21.1 Å². The van der Waals surface area contributed by atoms with E-state index in [2.05, 4.69) is 33.2 Å². The summed E-state index contributed by atoms with van der Waals surface area (Å²) in [6.45, 7) is 3.89. The lowest BCUT2D eigenvalue weighted by Crippen LogP contribution is -2.29. The summed E-state index contributed by atoms with van der Waals surface area (Å²) in [5.41, 5.74) is 3.23. The number of aryl methyl sites for hydroxylation is 2. The zero-order valence-electron chi connectivity index (χ0n) is 12.4. The van der Waals surface area contributed by atoms with Gasteiger partial charge in [0.1, 0.15) is 0 Å². The van der Waals surface area contributed by atoms with E-state index in [9.17, 15) is 9.59 Å². The van der Waals surface area contributed by atoms with Crippen LogP contribution in [-0.2, 0) is 16.0 Å². The third-order valence-electron chi connectivity index (χ3n) is 3.29. The molecule has 0 atom stereocenters. The zero-order chi connectivity index (χ0) is 16.1. The lowest BCUT2D eigenvalue weighted by molar-refractivity contribution is -0.133. The van der Waals surface area contributed by atoms with Crippen LogP contribution in [0.4, 0.5) is 11.4 Å². The zero-order valence-corrected chi connectivity index (χ0v) is 14.6. The Morgan fingerprint density at radius 2 is 1.64 bits per heavy atom. The molecule has 0 aliphatic rings. The van der Waals surface area contributed by atoms with Crippen molar-refractivity contribution in [1.82, 2.24) is 0 Å². The van der Waals surface area contributed by atoms with Gasteiger partial charge in [0, 0.05) is 14.9 Å². The average Bonchev–Trinajstić information content (AvgIpc) is 2.50. The molecule has 0 unspecified atom stereocenters. The van der Waals surface area contributed by atoms with Crippen LogP contribution in [0, 0.1) is 10.5 Å². The third kappa shape index (κ3) is 4.07. The molecule has 0 fully saturated rings. The number of amides is 2. The van der Waals surface area contributed by atoms with E-state index >= 15 is 0 Å². The number of rotatable bonds is 3. The van der Waals surface area contributed by atoms with Gasteiger partial charge in [0.15, 0.2) is 0 Å². The first-order valence-electron chi connectivity index (χ1n) is 6.97. The predicted octanol–water partition coefficient (Wildman–Crippen LogP) is 3.74. The molecule has 2 N–H and O–H groups in total. The van der Waals surface area contributed by atoms with Gasteiger partial charge in [-0.15, -0.1) is 0 Å². The van der Waals surface area contributed by atoms with Crippen LogP contribution in [0.5, 0.6) is 0 Å². The predicted molar refractivity (Wildman–Crippen MR) is 97.0 cm³/mol. The summed E-state index contributed by atoms with van der Waals surface area (Å²) >= 11 is 2.20. The Kier molecular flexibility index (Phi) is 5.54. The second-order valence-electron chi connectivity index (χ2n) is 4.88.